The maximum Gasteiger partial charge on any atom is 0.150 e. The molecule has 1 aromatic heterocycles. The van der Waals surface area contributed by atoms with E-state index in [-0.39, 0.29) is 5.82 Å². The summed E-state index contributed by atoms with van der Waals surface area (Å²) in [5, 5.41) is 10.6. The normalized spacial score (nSPS) is 17.7. The molecule has 0 saturated carbocycles. The number of fused-ring (bicyclic) bond motifs is 1. The molecule has 0 radical (unpaired) electrons. The Balaban J connectivity index is 1.71. The summed E-state index contributed by atoms with van der Waals surface area (Å²) < 4.78 is 20.5. The van der Waals surface area contributed by atoms with Crippen molar-refractivity contribution in [3.05, 3.63) is 64.9 Å². The number of piperidine rings is 1. The number of benzene rings is 1. The molecule has 0 atom stereocenters. The number of nitrogens with zero attached hydrogens (tertiary/aromatic N) is 3. The first-order valence-corrected chi connectivity index (χ1v) is 10.1. The molecule has 4 rings (SSSR count). The molecule has 1 fully saturated rings. The third-order valence-electron chi connectivity index (χ3n) is 5.34. The molecule has 0 bridgehead atoms. The van der Waals surface area contributed by atoms with Crippen LogP contribution in [0.2, 0.25) is 0 Å². The number of halogens is 1. The van der Waals surface area contributed by atoms with Gasteiger partial charge in [0.05, 0.1) is 19.4 Å². The summed E-state index contributed by atoms with van der Waals surface area (Å²) >= 11 is 0. The van der Waals surface area contributed by atoms with E-state index < -0.39 is 0 Å². The quantitative estimate of drug-likeness (QED) is 0.839. The van der Waals surface area contributed by atoms with Crippen molar-refractivity contribution in [2.75, 3.05) is 26.7 Å². The first-order chi connectivity index (χ1) is 14.0. The van der Waals surface area contributed by atoms with Crippen molar-refractivity contribution in [1.82, 2.24) is 15.3 Å². The van der Waals surface area contributed by atoms with Gasteiger partial charge in [0.2, 0.25) is 0 Å². The monoisotopic (exact) mass is 394 g/mol. The van der Waals surface area contributed by atoms with Gasteiger partial charge in [0.25, 0.3) is 0 Å². The van der Waals surface area contributed by atoms with Crippen molar-refractivity contribution in [3.8, 4) is 0 Å². The van der Waals surface area contributed by atoms with E-state index in [4.69, 9.17) is 4.74 Å². The molecule has 29 heavy (non-hydrogen) atoms. The smallest absolute Gasteiger partial charge is 0.150 e. The minimum Gasteiger partial charge on any atom is -0.499 e. The van der Waals surface area contributed by atoms with Gasteiger partial charge in [0, 0.05) is 34.8 Å². The Kier molecular flexibility index (Phi) is 5.62. The standard InChI is InChI=1S/C23H27FN4O/c1-15(2)13-28-14-19(29-3)12-22(27-28)18-10-17-4-5-21(16-6-8-25-9-7-16)26-23(17)20(24)11-18/h4-5,10-13,16,25H,6-9,14H2,1-3H3. The van der Waals surface area contributed by atoms with Crippen LogP contribution in [0.15, 0.2) is 53.0 Å². The Morgan fingerprint density at radius 1 is 1.24 bits per heavy atom. The van der Waals surface area contributed by atoms with Gasteiger partial charge in [-0.2, -0.15) is 5.10 Å². The zero-order chi connectivity index (χ0) is 20.4. The fourth-order valence-corrected chi connectivity index (χ4v) is 3.90. The van der Waals surface area contributed by atoms with Crippen LogP contribution in [0.4, 0.5) is 4.39 Å². The largest absolute Gasteiger partial charge is 0.499 e. The summed E-state index contributed by atoms with van der Waals surface area (Å²) in [6, 6.07) is 7.49. The van der Waals surface area contributed by atoms with Gasteiger partial charge in [-0.25, -0.2) is 9.37 Å². The van der Waals surface area contributed by atoms with Gasteiger partial charge < -0.3 is 10.1 Å². The molecule has 6 heteroatoms. The minimum absolute atomic E-state index is 0.317. The first-order valence-electron chi connectivity index (χ1n) is 10.1. The molecule has 152 valence electrons. The lowest BCUT2D eigenvalue weighted by atomic mass is 9.93. The minimum atomic E-state index is -0.317. The lowest BCUT2D eigenvalue weighted by molar-refractivity contribution is 0.244. The maximum atomic E-state index is 15.0. The zero-order valence-corrected chi connectivity index (χ0v) is 17.2. The van der Waals surface area contributed by atoms with E-state index in [1.165, 1.54) is 6.07 Å². The lowest BCUT2D eigenvalue weighted by Crippen LogP contribution is -2.27. The van der Waals surface area contributed by atoms with Crippen LogP contribution < -0.4 is 5.32 Å². The summed E-state index contributed by atoms with van der Waals surface area (Å²) in [4.78, 5) is 4.67. The van der Waals surface area contributed by atoms with E-state index in [0.29, 0.717) is 29.3 Å². The average molecular weight is 394 g/mol. The molecule has 1 aromatic carbocycles. The van der Waals surface area contributed by atoms with Crippen LogP contribution in [0, 0.1) is 5.82 Å². The number of hydrazone groups is 1. The van der Waals surface area contributed by atoms with Crippen LogP contribution in [0.5, 0.6) is 0 Å². The van der Waals surface area contributed by atoms with Gasteiger partial charge in [-0.05, 0) is 58.0 Å². The third-order valence-corrected chi connectivity index (χ3v) is 5.34. The summed E-state index contributed by atoms with van der Waals surface area (Å²) in [5.41, 5.74) is 3.93. The highest BCUT2D eigenvalue weighted by atomic mass is 19.1. The molecule has 0 aliphatic carbocycles. The van der Waals surface area contributed by atoms with Gasteiger partial charge in [0.15, 0.2) is 0 Å². The third kappa shape index (κ3) is 4.32. The number of ether oxygens (including phenoxy) is 1. The number of rotatable bonds is 4. The highest BCUT2D eigenvalue weighted by Gasteiger charge is 2.19. The Bertz CT molecular complexity index is 1000. The number of pyridine rings is 1. The molecule has 3 heterocycles. The van der Waals surface area contributed by atoms with Crippen molar-refractivity contribution in [1.29, 1.82) is 0 Å². The number of allylic oxidation sites excluding steroid dienone is 2. The van der Waals surface area contributed by atoms with E-state index in [0.717, 1.165) is 48.3 Å². The van der Waals surface area contributed by atoms with Crippen molar-refractivity contribution < 1.29 is 9.13 Å². The van der Waals surface area contributed by atoms with Crippen LogP contribution >= 0.6 is 0 Å². The highest BCUT2D eigenvalue weighted by Crippen LogP contribution is 2.28. The second kappa shape index (κ2) is 8.33. The molecule has 2 aromatic rings. The molecule has 0 unspecified atom stereocenters. The number of methoxy groups -OCH3 is 1. The topological polar surface area (TPSA) is 49.8 Å². The summed E-state index contributed by atoms with van der Waals surface area (Å²) in [7, 11) is 1.64. The van der Waals surface area contributed by atoms with Gasteiger partial charge in [-0.1, -0.05) is 11.6 Å². The van der Waals surface area contributed by atoms with E-state index in [1.807, 2.05) is 49.3 Å². The highest BCUT2D eigenvalue weighted by molar-refractivity contribution is 6.10. The number of hydrogen-bond acceptors (Lipinski definition) is 5. The Labute approximate surface area is 171 Å². The van der Waals surface area contributed by atoms with Crippen molar-refractivity contribution in [2.45, 2.75) is 32.6 Å². The predicted octanol–water partition coefficient (Wildman–Crippen LogP) is 4.31. The molecule has 1 N–H and O–H groups in total. The van der Waals surface area contributed by atoms with Crippen molar-refractivity contribution in [2.24, 2.45) is 5.10 Å². The first kappa shape index (κ1) is 19.6. The van der Waals surface area contributed by atoms with E-state index in [9.17, 15) is 0 Å². The van der Waals surface area contributed by atoms with E-state index in [2.05, 4.69) is 15.4 Å². The summed E-state index contributed by atoms with van der Waals surface area (Å²) in [6.07, 6.45) is 5.91. The van der Waals surface area contributed by atoms with Gasteiger partial charge in [0.1, 0.15) is 17.1 Å². The number of aromatic nitrogens is 1. The second-order valence-electron chi connectivity index (χ2n) is 7.89. The van der Waals surface area contributed by atoms with Crippen LogP contribution in [-0.2, 0) is 4.74 Å². The lowest BCUT2D eigenvalue weighted by Gasteiger charge is -2.23. The van der Waals surface area contributed by atoms with Crippen LogP contribution in [-0.4, -0.2) is 42.4 Å². The fourth-order valence-electron chi connectivity index (χ4n) is 3.90. The van der Waals surface area contributed by atoms with Crippen molar-refractivity contribution in [3.63, 3.8) is 0 Å². The molecule has 2 aliphatic heterocycles. The fraction of sp³-hybridized carbons (Fsp3) is 0.391. The Morgan fingerprint density at radius 3 is 2.76 bits per heavy atom. The molecule has 0 spiro atoms. The molecule has 1 saturated heterocycles. The van der Waals surface area contributed by atoms with E-state index >= 15 is 4.39 Å². The van der Waals surface area contributed by atoms with Crippen molar-refractivity contribution >= 4 is 16.6 Å². The van der Waals surface area contributed by atoms with Crippen LogP contribution in [0.1, 0.15) is 43.9 Å². The average Bonchev–Trinajstić information content (AvgIpc) is 2.73. The number of nitrogens with one attached hydrogen (secondary N) is 1. The molecular weight excluding hydrogens is 367 g/mol. The molecule has 5 nitrogen and oxygen atoms in total. The summed E-state index contributed by atoms with van der Waals surface area (Å²) in [6.45, 7) is 6.56. The zero-order valence-electron chi connectivity index (χ0n) is 17.2. The molecule has 0 amide bonds. The Morgan fingerprint density at radius 2 is 2.03 bits per heavy atom. The van der Waals surface area contributed by atoms with Crippen LogP contribution in [0.25, 0.3) is 10.9 Å². The maximum absolute atomic E-state index is 15.0. The summed E-state index contributed by atoms with van der Waals surface area (Å²) in [5.74, 6) is 0.863. The van der Waals surface area contributed by atoms with Gasteiger partial charge in [-0.3, -0.25) is 5.01 Å². The van der Waals surface area contributed by atoms with Gasteiger partial charge >= 0.3 is 0 Å². The predicted molar refractivity (Wildman–Crippen MR) is 114 cm³/mol. The van der Waals surface area contributed by atoms with Gasteiger partial charge in [-0.15, -0.1) is 0 Å². The van der Waals surface area contributed by atoms with Crippen LogP contribution in [0.3, 0.4) is 0 Å². The second-order valence-corrected chi connectivity index (χ2v) is 7.89. The number of hydrogen-bond donors (Lipinski definition) is 1. The van der Waals surface area contributed by atoms with E-state index in [1.54, 1.807) is 7.11 Å². The molecule has 2 aliphatic rings. The molecular formula is C23H27FN4O. The SMILES string of the molecule is COC1=CC(c2cc(F)c3nc(C4CCNCC4)ccc3c2)=NN(C=C(C)C)C1. The Hall–Kier alpha value is -2.73.